The summed E-state index contributed by atoms with van der Waals surface area (Å²) in [7, 11) is 1.77. The van der Waals surface area contributed by atoms with Crippen LogP contribution in [0.15, 0.2) is 12.2 Å². The number of methoxy groups -OCH3 is 1. The Balaban J connectivity index is 4.20. The van der Waals surface area contributed by atoms with E-state index in [1.807, 2.05) is 0 Å². The van der Waals surface area contributed by atoms with Crippen molar-refractivity contribution >= 4 is 0 Å². The lowest BCUT2D eigenvalue weighted by Crippen LogP contribution is -2.41. The fourth-order valence-corrected chi connectivity index (χ4v) is 1.55. The van der Waals surface area contributed by atoms with Crippen LogP contribution in [0.2, 0.25) is 0 Å². The Morgan fingerprint density at radius 3 is 2.38 bits per heavy atom. The monoisotopic (exact) mass is 185 g/mol. The quantitative estimate of drug-likeness (QED) is 0.615. The Labute approximate surface area is 82.4 Å². The van der Waals surface area contributed by atoms with Crippen LogP contribution in [0.4, 0.5) is 0 Å². The fraction of sp³-hybridized carbons (Fsp3) is 0.818. The maximum atomic E-state index is 5.44. The zero-order valence-corrected chi connectivity index (χ0v) is 9.39. The number of nitrogens with one attached hydrogen (secondary N) is 1. The van der Waals surface area contributed by atoms with Crippen molar-refractivity contribution in [1.29, 1.82) is 0 Å². The fourth-order valence-electron chi connectivity index (χ4n) is 1.55. The van der Waals surface area contributed by atoms with Gasteiger partial charge in [-0.05, 0) is 19.9 Å². The molecule has 2 atom stereocenters. The third-order valence-corrected chi connectivity index (χ3v) is 2.20. The van der Waals surface area contributed by atoms with Gasteiger partial charge in [-0.3, -0.25) is 0 Å². The maximum Gasteiger partial charge on any atom is 0.0762 e. The molecule has 0 aliphatic rings. The van der Waals surface area contributed by atoms with Gasteiger partial charge in [0, 0.05) is 7.11 Å². The summed E-state index contributed by atoms with van der Waals surface area (Å²) in [6.45, 7) is 11.3. The SMILES string of the molecule is C=C(C)C(NCC)C(CCC)OC. The molecule has 0 aromatic carbocycles. The Kier molecular flexibility index (Phi) is 6.92. The Hall–Kier alpha value is -0.340. The zero-order chi connectivity index (χ0) is 10.3. The first-order valence-corrected chi connectivity index (χ1v) is 5.08. The van der Waals surface area contributed by atoms with Gasteiger partial charge >= 0.3 is 0 Å². The first kappa shape index (κ1) is 12.7. The van der Waals surface area contributed by atoms with Crippen molar-refractivity contribution in [1.82, 2.24) is 5.32 Å². The van der Waals surface area contributed by atoms with E-state index >= 15 is 0 Å². The van der Waals surface area contributed by atoms with Gasteiger partial charge in [-0.2, -0.15) is 0 Å². The highest BCUT2D eigenvalue weighted by atomic mass is 16.5. The predicted octanol–water partition coefficient (Wildman–Crippen LogP) is 2.36. The van der Waals surface area contributed by atoms with Crippen LogP contribution >= 0.6 is 0 Å². The average Bonchev–Trinajstić information content (AvgIpc) is 2.10. The number of likely N-dealkylation sites (N-methyl/N-ethyl adjacent to an activating group) is 1. The van der Waals surface area contributed by atoms with E-state index in [1.165, 1.54) is 0 Å². The van der Waals surface area contributed by atoms with Gasteiger partial charge < -0.3 is 10.1 Å². The van der Waals surface area contributed by atoms with Crippen LogP contribution in [0, 0.1) is 0 Å². The lowest BCUT2D eigenvalue weighted by atomic mass is 10.0. The van der Waals surface area contributed by atoms with Gasteiger partial charge in [0.05, 0.1) is 12.1 Å². The molecule has 13 heavy (non-hydrogen) atoms. The molecule has 2 nitrogen and oxygen atoms in total. The molecule has 2 heteroatoms. The highest BCUT2D eigenvalue weighted by molar-refractivity contribution is 5.05. The second-order valence-electron chi connectivity index (χ2n) is 3.44. The van der Waals surface area contributed by atoms with Crippen molar-refractivity contribution < 1.29 is 4.74 Å². The summed E-state index contributed by atoms with van der Waals surface area (Å²) in [5.41, 5.74) is 1.15. The molecule has 0 spiro atoms. The van der Waals surface area contributed by atoms with Crippen molar-refractivity contribution in [2.45, 2.75) is 45.8 Å². The largest absolute Gasteiger partial charge is 0.379 e. The number of rotatable bonds is 7. The van der Waals surface area contributed by atoms with E-state index in [0.717, 1.165) is 25.0 Å². The van der Waals surface area contributed by atoms with E-state index in [1.54, 1.807) is 7.11 Å². The topological polar surface area (TPSA) is 21.3 Å². The highest BCUT2D eigenvalue weighted by Gasteiger charge is 2.19. The summed E-state index contributed by atoms with van der Waals surface area (Å²) in [5, 5.41) is 3.39. The van der Waals surface area contributed by atoms with Gasteiger partial charge in [-0.1, -0.05) is 32.4 Å². The van der Waals surface area contributed by atoms with Gasteiger partial charge in [0.2, 0.25) is 0 Å². The molecule has 78 valence electrons. The van der Waals surface area contributed by atoms with Gasteiger partial charge in [-0.25, -0.2) is 0 Å². The summed E-state index contributed by atoms with van der Waals surface area (Å²) < 4.78 is 5.44. The molecule has 0 radical (unpaired) electrons. The maximum absolute atomic E-state index is 5.44. The molecule has 0 heterocycles. The van der Waals surface area contributed by atoms with Crippen molar-refractivity contribution in [2.75, 3.05) is 13.7 Å². The van der Waals surface area contributed by atoms with E-state index in [2.05, 4.69) is 32.7 Å². The Bertz CT molecular complexity index is 145. The van der Waals surface area contributed by atoms with Gasteiger partial charge in [0.15, 0.2) is 0 Å². The van der Waals surface area contributed by atoms with E-state index < -0.39 is 0 Å². The standard InChI is InChI=1S/C11H23NO/c1-6-8-10(13-5)11(9(3)4)12-7-2/h10-12H,3,6-8H2,1-2,4-5H3. The van der Waals surface area contributed by atoms with E-state index in [-0.39, 0.29) is 6.10 Å². The molecule has 0 aromatic heterocycles. The third kappa shape index (κ3) is 4.44. The van der Waals surface area contributed by atoms with Crippen LogP contribution in [0.25, 0.3) is 0 Å². The van der Waals surface area contributed by atoms with Crippen molar-refractivity contribution in [2.24, 2.45) is 0 Å². The van der Waals surface area contributed by atoms with E-state index in [4.69, 9.17) is 4.74 Å². The molecule has 0 saturated heterocycles. The summed E-state index contributed by atoms with van der Waals surface area (Å²) >= 11 is 0. The summed E-state index contributed by atoms with van der Waals surface area (Å²) in [5.74, 6) is 0. The molecule has 0 aromatic rings. The normalized spacial score (nSPS) is 15.4. The molecule has 0 bridgehead atoms. The van der Waals surface area contributed by atoms with Gasteiger partial charge in [0.25, 0.3) is 0 Å². The second kappa shape index (κ2) is 7.10. The van der Waals surface area contributed by atoms with Crippen LogP contribution in [-0.2, 0) is 4.74 Å². The van der Waals surface area contributed by atoms with Gasteiger partial charge in [-0.15, -0.1) is 0 Å². The smallest absolute Gasteiger partial charge is 0.0762 e. The van der Waals surface area contributed by atoms with Crippen molar-refractivity contribution in [3.05, 3.63) is 12.2 Å². The number of hydrogen-bond acceptors (Lipinski definition) is 2. The molecule has 0 rings (SSSR count). The molecule has 0 aliphatic carbocycles. The Morgan fingerprint density at radius 1 is 1.46 bits per heavy atom. The first-order valence-electron chi connectivity index (χ1n) is 5.08. The van der Waals surface area contributed by atoms with Crippen molar-refractivity contribution in [3.63, 3.8) is 0 Å². The average molecular weight is 185 g/mol. The van der Waals surface area contributed by atoms with E-state index in [9.17, 15) is 0 Å². The molecule has 0 aliphatic heterocycles. The minimum Gasteiger partial charge on any atom is -0.379 e. The van der Waals surface area contributed by atoms with Crippen molar-refractivity contribution in [3.8, 4) is 0 Å². The molecule has 1 N–H and O–H groups in total. The number of hydrogen-bond donors (Lipinski definition) is 1. The Morgan fingerprint density at radius 2 is 2.08 bits per heavy atom. The second-order valence-corrected chi connectivity index (χ2v) is 3.44. The molecule has 0 fully saturated rings. The molecule has 0 amide bonds. The molecular weight excluding hydrogens is 162 g/mol. The van der Waals surface area contributed by atoms with Crippen LogP contribution in [-0.4, -0.2) is 25.8 Å². The van der Waals surface area contributed by atoms with Crippen LogP contribution in [0.5, 0.6) is 0 Å². The minimum absolute atomic E-state index is 0.266. The third-order valence-electron chi connectivity index (χ3n) is 2.20. The summed E-state index contributed by atoms with van der Waals surface area (Å²) in [6.07, 6.45) is 2.50. The molecule has 2 unspecified atom stereocenters. The van der Waals surface area contributed by atoms with E-state index in [0.29, 0.717) is 6.04 Å². The minimum atomic E-state index is 0.266. The lowest BCUT2D eigenvalue weighted by molar-refractivity contribution is 0.0718. The molecular formula is C11H23NO. The molecule has 0 saturated carbocycles. The van der Waals surface area contributed by atoms with Gasteiger partial charge in [0.1, 0.15) is 0 Å². The van der Waals surface area contributed by atoms with Crippen LogP contribution in [0.1, 0.15) is 33.6 Å². The summed E-state index contributed by atoms with van der Waals surface area (Å²) in [6, 6.07) is 0.301. The first-order chi connectivity index (χ1) is 6.17. The summed E-state index contributed by atoms with van der Waals surface area (Å²) in [4.78, 5) is 0. The van der Waals surface area contributed by atoms with Crippen LogP contribution in [0.3, 0.4) is 0 Å². The predicted molar refractivity (Wildman–Crippen MR) is 58.0 cm³/mol. The van der Waals surface area contributed by atoms with Crippen LogP contribution < -0.4 is 5.32 Å². The lowest BCUT2D eigenvalue weighted by Gasteiger charge is -2.26. The highest BCUT2D eigenvalue weighted by Crippen LogP contribution is 2.12. The number of ether oxygens (including phenoxy) is 1. The zero-order valence-electron chi connectivity index (χ0n) is 9.39.